The van der Waals surface area contributed by atoms with Gasteiger partial charge in [-0.3, -0.25) is 14.5 Å². The smallest absolute Gasteiger partial charge is 0.233 e. The molecule has 1 aromatic rings. The minimum atomic E-state index is -0.349. The summed E-state index contributed by atoms with van der Waals surface area (Å²) in [5.41, 5.74) is 0.736. The number of rotatable bonds is 2. The van der Waals surface area contributed by atoms with Crippen molar-refractivity contribution < 1.29 is 14.0 Å². The number of amides is 2. The van der Waals surface area contributed by atoms with Gasteiger partial charge in [-0.25, -0.2) is 4.39 Å². The van der Waals surface area contributed by atoms with Gasteiger partial charge in [-0.05, 0) is 30.5 Å². The Balaban J connectivity index is 1.84. The molecule has 0 radical (unpaired) electrons. The first-order valence-corrected chi connectivity index (χ1v) is 7.31. The molecular weight excluding hydrogens is 325 g/mol. The van der Waals surface area contributed by atoms with Crippen LogP contribution in [0.2, 0.25) is 0 Å². The number of benzene rings is 1. The fraction of sp³-hybridized carbons (Fsp3) is 0.333. The molecule has 20 heavy (non-hydrogen) atoms. The fourth-order valence-corrected chi connectivity index (χ4v) is 3.32. The van der Waals surface area contributed by atoms with Crippen molar-refractivity contribution in [3.05, 3.63) is 46.2 Å². The van der Waals surface area contributed by atoms with E-state index >= 15 is 0 Å². The van der Waals surface area contributed by atoms with Gasteiger partial charge in [-0.1, -0.05) is 34.1 Å². The summed E-state index contributed by atoms with van der Waals surface area (Å²) < 4.78 is 13.6. The minimum Gasteiger partial charge on any atom is -0.278 e. The van der Waals surface area contributed by atoms with Crippen LogP contribution in [-0.4, -0.2) is 16.7 Å². The molecule has 0 N–H and O–H groups in total. The van der Waals surface area contributed by atoms with E-state index in [-0.39, 0.29) is 36.0 Å². The third-order valence-electron chi connectivity index (χ3n) is 3.94. The van der Waals surface area contributed by atoms with Crippen LogP contribution < -0.4 is 0 Å². The van der Waals surface area contributed by atoms with Gasteiger partial charge < -0.3 is 0 Å². The summed E-state index contributed by atoms with van der Waals surface area (Å²) in [6, 6.07) is 4.27. The summed E-state index contributed by atoms with van der Waals surface area (Å²) in [7, 11) is 0. The first-order chi connectivity index (χ1) is 9.58. The van der Waals surface area contributed by atoms with Gasteiger partial charge in [0.15, 0.2) is 0 Å². The Morgan fingerprint density at radius 1 is 1.15 bits per heavy atom. The van der Waals surface area contributed by atoms with Crippen LogP contribution in [0.5, 0.6) is 0 Å². The molecule has 0 aromatic heterocycles. The number of halogens is 2. The van der Waals surface area contributed by atoms with Crippen molar-refractivity contribution in [3.8, 4) is 0 Å². The van der Waals surface area contributed by atoms with Crippen molar-refractivity contribution in [2.75, 3.05) is 0 Å². The number of nitrogens with zero attached hydrogens (tertiary/aromatic N) is 1. The van der Waals surface area contributed by atoms with Crippen LogP contribution in [0.15, 0.2) is 34.8 Å². The van der Waals surface area contributed by atoms with E-state index in [4.69, 9.17) is 0 Å². The van der Waals surface area contributed by atoms with Crippen LogP contribution in [-0.2, 0) is 16.1 Å². The minimum absolute atomic E-state index is 0.111. The Morgan fingerprint density at radius 3 is 2.30 bits per heavy atom. The number of likely N-dealkylation sites (tertiary alicyclic amines) is 1. The topological polar surface area (TPSA) is 37.4 Å². The maximum Gasteiger partial charge on any atom is 0.233 e. The molecule has 0 bridgehead atoms. The van der Waals surface area contributed by atoms with Gasteiger partial charge in [0, 0.05) is 4.47 Å². The first-order valence-electron chi connectivity index (χ1n) is 6.52. The van der Waals surface area contributed by atoms with Crippen molar-refractivity contribution in [1.82, 2.24) is 4.90 Å². The maximum atomic E-state index is 13.1. The van der Waals surface area contributed by atoms with Gasteiger partial charge in [0.05, 0.1) is 18.4 Å². The number of allylic oxidation sites excluding steroid dienone is 2. The van der Waals surface area contributed by atoms with Gasteiger partial charge in [0.25, 0.3) is 0 Å². The van der Waals surface area contributed by atoms with Crippen molar-refractivity contribution in [1.29, 1.82) is 0 Å². The average Bonchev–Trinajstić information content (AvgIpc) is 2.67. The fourth-order valence-electron chi connectivity index (χ4n) is 2.85. The highest BCUT2D eigenvalue weighted by Gasteiger charge is 2.47. The number of hydrogen-bond acceptors (Lipinski definition) is 2. The number of imide groups is 1. The predicted molar refractivity (Wildman–Crippen MR) is 75.0 cm³/mol. The van der Waals surface area contributed by atoms with Gasteiger partial charge in [0.1, 0.15) is 5.82 Å². The normalized spacial score (nSPS) is 25.2. The molecule has 0 saturated carbocycles. The van der Waals surface area contributed by atoms with Gasteiger partial charge in [-0.15, -0.1) is 0 Å². The maximum absolute atomic E-state index is 13.1. The third kappa shape index (κ3) is 2.20. The molecule has 1 saturated heterocycles. The molecule has 0 unspecified atom stereocenters. The lowest BCUT2D eigenvalue weighted by Gasteiger charge is -2.15. The van der Waals surface area contributed by atoms with Gasteiger partial charge in [-0.2, -0.15) is 0 Å². The molecule has 2 amide bonds. The molecule has 2 aliphatic rings. The molecule has 0 spiro atoms. The standard InChI is InChI=1S/C15H13BrFNO2/c16-13-7-10(17)6-5-9(13)8-18-14(19)11-3-1-2-4-12(11)15(18)20/h1-2,5-7,11-12H,3-4,8H2/t11-,12-/m1/s1. The third-order valence-corrected chi connectivity index (χ3v) is 4.68. The Morgan fingerprint density at radius 2 is 1.75 bits per heavy atom. The molecule has 1 heterocycles. The highest BCUT2D eigenvalue weighted by atomic mass is 79.9. The lowest BCUT2D eigenvalue weighted by Crippen LogP contribution is -2.30. The Bertz CT molecular complexity index is 588. The second-order valence-electron chi connectivity index (χ2n) is 5.15. The van der Waals surface area contributed by atoms with E-state index in [1.54, 1.807) is 6.07 Å². The van der Waals surface area contributed by atoms with Crippen LogP contribution in [0.4, 0.5) is 4.39 Å². The summed E-state index contributed by atoms with van der Waals surface area (Å²) in [5, 5.41) is 0. The van der Waals surface area contributed by atoms with E-state index < -0.39 is 0 Å². The Labute approximate surface area is 124 Å². The zero-order chi connectivity index (χ0) is 14.3. The summed E-state index contributed by atoms with van der Waals surface area (Å²) in [5.74, 6) is -1.00. The lowest BCUT2D eigenvalue weighted by atomic mass is 9.85. The monoisotopic (exact) mass is 337 g/mol. The van der Waals surface area contributed by atoms with Gasteiger partial charge >= 0.3 is 0 Å². The highest BCUT2D eigenvalue weighted by Crippen LogP contribution is 2.36. The second-order valence-corrected chi connectivity index (χ2v) is 6.01. The quantitative estimate of drug-likeness (QED) is 0.614. The van der Waals surface area contributed by atoms with E-state index in [1.165, 1.54) is 17.0 Å². The van der Waals surface area contributed by atoms with Crippen LogP contribution in [0.3, 0.4) is 0 Å². The highest BCUT2D eigenvalue weighted by molar-refractivity contribution is 9.10. The molecule has 3 rings (SSSR count). The van der Waals surface area contributed by atoms with Crippen LogP contribution in [0.25, 0.3) is 0 Å². The van der Waals surface area contributed by atoms with Gasteiger partial charge in [0.2, 0.25) is 11.8 Å². The molecule has 104 valence electrons. The average molecular weight is 338 g/mol. The summed E-state index contributed by atoms with van der Waals surface area (Å²) in [6.07, 6.45) is 5.19. The Hall–Kier alpha value is -1.49. The Kier molecular flexibility index (Phi) is 3.46. The van der Waals surface area contributed by atoms with Crippen LogP contribution in [0, 0.1) is 17.7 Å². The summed E-state index contributed by atoms with van der Waals surface area (Å²) in [4.78, 5) is 25.9. The molecular formula is C15H13BrFNO2. The molecule has 1 aliphatic heterocycles. The molecule has 2 atom stereocenters. The molecule has 1 aliphatic carbocycles. The second kappa shape index (κ2) is 5.13. The number of carbonyl (C=O) groups is 2. The van der Waals surface area contributed by atoms with Crippen molar-refractivity contribution >= 4 is 27.7 Å². The molecule has 5 heteroatoms. The largest absolute Gasteiger partial charge is 0.278 e. The molecule has 3 nitrogen and oxygen atoms in total. The predicted octanol–water partition coefficient (Wildman–Crippen LogP) is 3.04. The van der Waals surface area contributed by atoms with Crippen molar-refractivity contribution in [2.24, 2.45) is 11.8 Å². The number of hydrogen-bond donors (Lipinski definition) is 0. The molecule has 1 fully saturated rings. The van der Waals surface area contributed by atoms with Crippen molar-refractivity contribution in [2.45, 2.75) is 19.4 Å². The number of fused-ring (bicyclic) bond motifs is 1. The van der Waals surface area contributed by atoms with Crippen LogP contribution in [0.1, 0.15) is 18.4 Å². The zero-order valence-corrected chi connectivity index (χ0v) is 12.3. The molecule has 1 aromatic carbocycles. The van der Waals surface area contributed by atoms with E-state index in [1.807, 2.05) is 12.2 Å². The van der Waals surface area contributed by atoms with Crippen molar-refractivity contribution in [3.63, 3.8) is 0 Å². The van der Waals surface area contributed by atoms with Crippen LogP contribution >= 0.6 is 15.9 Å². The van der Waals surface area contributed by atoms with E-state index in [2.05, 4.69) is 15.9 Å². The SMILES string of the molecule is O=C1[C@@H]2CC=CC[C@H]2C(=O)N1Cc1ccc(F)cc1Br. The van der Waals surface area contributed by atoms with E-state index in [0.717, 1.165) is 5.56 Å². The lowest BCUT2D eigenvalue weighted by molar-refractivity contribution is -0.140. The van der Waals surface area contributed by atoms with E-state index in [9.17, 15) is 14.0 Å². The zero-order valence-electron chi connectivity index (χ0n) is 10.7. The summed E-state index contributed by atoms with van der Waals surface area (Å²) >= 11 is 3.27. The number of carbonyl (C=O) groups excluding carboxylic acids is 2. The first kappa shape index (κ1) is 13.5. The van der Waals surface area contributed by atoms with E-state index in [0.29, 0.717) is 17.3 Å². The summed E-state index contributed by atoms with van der Waals surface area (Å²) in [6.45, 7) is 0.200.